The van der Waals surface area contributed by atoms with Crippen LogP contribution in [0, 0.1) is 13.8 Å². The van der Waals surface area contributed by atoms with Gasteiger partial charge >= 0.3 is 0 Å². The Morgan fingerprint density at radius 2 is 0.964 bits per heavy atom. The lowest BCUT2D eigenvalue weighted by molar-refractivity contribution is 0.466. The average Bonchev–Trinajstić information content (AvgIpc) is 2.51. The van der Waals surface area contributed by atoms with Gasteiger partial charge in [-0.3, -0.25) is 0 Å². The zero-order valence-electron chi connectivity index (χ0n) is 19.2. The van der Waals surface area contributed by atoms with Gasteiger partial charge in [0.05, 0.1) is 0 Å². The molecule has 2 rings (SSSR count). The van der Waals surface area contributed by atoms with E-state index in [-0.39, 0.29) is 10.8 Å². The summed E-state index contributed by atoms with van der Waals surface area (Å²) in [4.78, 5) is 0. The summed E-state index contributed by atoms with van der Waals surface area (Å²) in [5.41, 5.74) is 8.45. The summed E-state index contributed by atoms with van der Waals surface area (Å²) in [6.45, 7) is 21.2. The van der Waals surface area contributed by atoms with Crippen molar-refractivity contribution in [2.45, 2.75) is 80.1 Å². The molecule has 0 atom stereocenters. The highest BCUT2D eigenvalue weighted by Crippen LogP contribution is 2.43. The fraction of sp³-hybridized carbons (Fsp3) is 0.462. The molecule has 2 N–H and O–H groups in total. The van der Waals surface area contributed by atoms with Gasteiger partial charge in [-0.2, -0.15) is 0 Å². The minimum Gasteiger partial charge on any atom is -0.508 e. The van der Waals surface area contributed by atoms with Crippen LogP contribution >= 0.6 is 0 Å². The minimum absolute atomic E-state index is 0.116. The van der Waals surface area contributed by atoms with E-state index in [9.17, 15) is 10.2 Å². The van der Waals surface area contributed by atoms with Gasteiger partial charge in [-0.1, -0.05) is 47.1 Å². The maximum atomic E-state index is 10.4. The number of hydrogen-bond acceptors (Lipinski definition) is 2. The van der Waals surface area contributed by atoms with E-state index >= 15 is 0 Å². The number of phenolic OH excluding ortho intramolecular Hbond substituents is 2. The van der Waals surface area contributed by atoms with Gasteiger partial charge in [0.15, 0.2) is 0 Å². The lowest BCUT2D eigenvalue weighted by Gasteiger charge is -2.30. The molecule has 2 heteroatoms. The Morgan fingerprint density at radius 3 is 1.21 bits per heavy atom. The molecule has 0 spiro atoms. The monoisotopic (exact) mass is 380 g/mol. The van der Waals surface area contributed by atoms with Gasteiger partial charge in [-0.05, 0) is 102 Å². The Balaban J connectivity index is 2.98. The summed E-state index contributed by atoms with van der Waals surface area (Å²) in [5, 5.41) is 20.8. The van der Waals surface area contributed by atoms with Crippen molar-refractivity contribution in [2.24, 2.45) is 0 Å². The van der Waals surface area contributed by atoms with Crippen LogP contribution in [0.2, 0.25) is 0 Å². The topological polar surface area (TPSA) is 40.5 Å². The number of phenols is 2. The smallest absolute Gasteiger partial charge is 0.118 e. The Kier molecular flexibility index (Phi) is 5.76. The lowest BCUT2D eigenvalue weighted by atomic mass is 9.75. The minimum atomic E-state index is -0.116. The first-order valence-electron chi connectivity index (χ1n) is 10.0. The van der Waals surface area contributed by atoms with Crippen molar-refractivity contribution in [3.8, 4) is 11.5 Å². The van der Waals surface area contributed by atoms with E-state index < -0.39 is 0 Å². The molecule has 0 saturated carbocycles. The van der Waals surface area contributed by atoms with Crippen LogP contribution in [0.15, 0.2) is 29.8 Å². The van der Waals surface area contributed by atoms with Crippen LogP contribution in [0.5, 0.6) is 11.5 Å². The second kappa shape index (κ2) is 7.31. The summed E-state index contributed by atoms with van der Waals surface area (Å²) in [7, 11) is 0. The number of hydrogen-bond donors (Lipinski definition) is 2. The molecule has 0 radical (unpaired) electrons. The highest BCUT2D eigenvalue weighted by Gasteiger charge is 2.27. The predicted molar refractivity (Wildman–Crippen MR) is 120 cm³/mol. The quantitative estimate of drug-likeness (QED) is 0.580. The first kappa shape index (κ1) is 22.1. The Hall–Kier alpha value is -2.22. The molecule has 0 fully saturated rings. The molecule has 2 aromatic rings. The summed E-state index contributed by atoms with van der Waals surface area (Å²) in [6, 6.07) is 8.04. The van der Waals surface area contributed by atoms with Crippen molar-refractivity contribution >= 4 is 5.57 Å². The van der Waals surface area contributed by atoms with Crippen LogP contribution in [0.1, 0.15) is 88.8 Å². The first-order valence-corrected chi connectivity index (χ1v) is 10.0. The maximum absolute atomic E-state index is 10.4. The van der Waals surface area contributed by atoms with Crippen LogP contribution in [-0.4, -0.2) is 10.2 Å². The molecule has 152 valence electrons. The van der Waals surface area contributed by atoms with Crippen molar-refractivity contribution in [1.82, 2.24) is 0 Å². The van der Waals surface area contributed by atoms with Gasteiger partial charge in [0, 0.05) is 0 Å². The fourth-order valence-corrected chi connectivity index (χ4v) is 3.73. The van der Waals surface area contributed by atoms with Crippen LogP contribution in [0.4, 0.5) is 0 Å². The summed E-state index contributed by atoms with van der Waals surface area (Å²) < 4.78 is 0. The number of benzene rings is 2. The van der Waals surface area contributed by atoms with Gasteiger partial charge in [0.1, 0.15) is 11.5 Å². The number of aromatic hydroxyl groups is 2. The summed E-state index contributed by atoms with van der Waals surface area (Å²) in [5.74, 6) is 0.666. The molecule has 0 amide bonds. The summed E-state index contributed by atoms with van der Waals surface area (Å²) in [6.07, 6.45) is 0. The van der Waals surface area contributed by atoms with Crippen molar-refractivity contribution in [1.29, 1.82) is 0 Å². The highest BCUT2D eigenvalue weighted by atomic mass is 16.3. The van der Waals surface area contributed by atoms with Crippen LogP contribution < -0.4 is 0 Å². The second-order valence-electron chi connectivity index (χ2n) is 10.2. The molecule has 0 heterocycles. The van der Waals surface area contributed by atoms with Gasteiger partial charge < -0.3 is 10.2 Å². The molecule has 0 bridgehead atoms. The van der Waals surface area contributed by atoms with E-state index in [2.05, 4.69) is 67.5 Å². The molecule has 0 aliphatic rings. The predicted octanol–water partition coefficient (Wildman–Crippen LogP) is 7.15. The SMILES string of the molecule is CC(C)=C(c1cc(C)c(O)cc1C(C)(C)C)c1cc(C)c(O)cc1C(C)(C)C. The molecule has 0 aliphatic heterocycles. The molecular weight excluding hydrogens is 344 g/mol. The van der Waals surface area contributed by atoms with Gasteiger partial charge in [0.2, 0.25) is 0 Å². The molecule has 0 aromatic heterocycles. The molecule has 2 nitrogen and oxygen atoms in total. The van der Waals surface area contributed by atoms with E-state index in [0.29, 0.717) is 11.5 Å². The van der Waals surface area contributed by atoms with Crippen molar-refractivity contribution in [3.63, 3.8) is 0 Å². The molecule has 0 aliphatic carbocycles. The van der Waals surface area contributed by atoms with Crippen LogP contribution in [-0.2, 0) is 10.8 Å². The van der Waals surface area contributed by atoms with Gasteiger partial charge in [-0.25, -0.2) is 0 Å². The highest BCUT2D eigenvalue weighted by molar-refractivity contribution is 5.86. The van der Waals surface area contributed by atoms with Gasteiger partial charge in [0.25, 0.3) is 0 Å². The van der Waals surface area contributed by atoms with Crippen LogP contribution in [0.3, 0.4) is 0 Å². The third kappa shape index (κ3) is 4.27. The van der Waals surface area contributed by atoms with E-state index in [0.717, 1.165) is 33.4 Å². The zero-order chi connectivity index (χ0) is 21.6. The molecule has 0 unspecified atom stereocenters. The number of rotatable bonds is 2. The van der Waals surface area contributed by atoms with Crippen molar-refractivity contribution in [3.05, 3.63) is 63.2 Å². The van der Waals surface area contributed by atoms with E-state index in [1.165, 1.54) is 11.1 Å². The Bertz CT molecular complexity index is 857. The van der Waals surface area contributed by atoms with E-state index in [4.69, 9.17) is 0 Å². The second-order valence-corrected chi connectivity index (χ2v) is 10.2. The van der Waals surface area contributed by atoms with E-state index in [1.807, 2.05) is 26.0 Å². The first-order chi connectivity index (χ1) is 12.6. The zero-order valence-corrected chi connectivity index (χ0v) is 19.2. The number of allylic oxidation sites excluding steroid dienone is 1. The molecule has 2 aromatic carbocycles. The van der Waals surface area contributed by atoms with Gasteiger partial charge in [-0.15, -0.1) is 0 Å². The largest absolute Gasteiger partial charge is 0.508 e. The fourth-order valence-electron chi connectivity index (χ4n) is 3.73. The van der Waals surface area contributed by atoms with Crippen LogP contribution in [0.25, 0.3) is 5.57 Å². The third-order valence-electron chi connectivity index (χ3n) is 5.33. The third-order valence-corrected chi connectivity index (χ3v) is 5.33. The van der Waals surface area contributed by atoms with Crippen molar-refractivity contribution < 1.29 is 10.2 Å². The maximum Gasteiger partial charge on any atom is 0.118 e. The summed E-state index contributed by atoms with van der Waals surface area (Å²) >= 11 is 0. The number of aryl methyl sites for hydroxylation is 2. The standard InChI is InChI=1S/C26H36O2/c1-15(2)24(18-11-16(3)22(27)13-20(18)25(5,6)7)19-12-17(4)23(28)14-21(19)26(8,9)10/h11-14,27-28H,1-10H3. The van der Waals surface area contributed by atoms with Crippen molar-refractivity contribution in [2.75, 3.05) is 0 Å². The average molecular weight is 381 g/mol. The van der Waals surface area contributed by atoms with E-state index in [1.54, 1.807) is 0 Å². The molecule has 28 heavy (non-hydrogen) atoms. The molecule has 0 saturated heterocycles. The Labute approximate surface area is 170 Å². The molecular formula is C26H36O2. The lowest BCUT2D eigenvalue weighted by Crippen LogP contribution is -2.18. The Morgan fingerprint density at radius 1 is 0.643 bits per heavy atom. The normalized spacial score (nSPS) is 12.2.